The third-order valence-electron chi connectivity index (χ3n) is 3.79. The predicted octanol–water partition coefficient (Wildman–Crippen LogP) is 1.50. The van der Waals surface area contributed by atoms with Crippen LogP contribution in [0, 0.1) is 0 Å². The largest absolute Gasteiger partial charge is 0.354 e. The second kappa shape index (κ2) is 5.88. The summed E-state index contributed by atoms with van der Waals surface area (Å²) in [6.07, 6.45) is 2.86. The summed E-state index contributed by atoms with van der Waals surface area (Å²) < 4.78 is 0. The molecule has 0 aromatic carbocycles. The molecule has 2 rings (SSSR count). The van der Waals surface area contributed by atoms with Crippen molar-refractivity contribution in [3.8, 4) is 0 Å². The monoisotopic (exact) mass is 262 g/mol. The van der Waals surface area contributed by atoms with E-state index in [1.54, 1.807) is 0 Å². The minimum Gasteiger partial charge on any atom is -0.354 e. The molecule has 1 aliphatic heterocycles. The first kappa shape index (κ1) is 14.3. The van der Waals surface area contributed by atoms with Crippen molar-refractivity contribution in [2.24, 2.45) is 5.73 Å². The summed E-state index contributed by atoms with van der Waals surface area (Å²) in [7, 11) is 0. The molecule has 1 aromatic rings. The molecule has 106 valence electrons. The molecular formula is C15H26N4. The Morgan fingerprint density at radius 2 is 1.84 bits per heavy atom. The Labute approximate surface area is 116 Å². The molecule has 0 amide bonds. The molecule has 0 aliphatic carbocycles. The Kier molecular flexibility index (Phi) is 4.42. The fraction of sp³-hybridized carbons (Fsp3) is 0.667. The van der Waals surface area contributed by atoms with E-state index in [0.29, 0.717) is 6.54 Å². The highest BCUT2D eigenvalue weighted by Crippen LogP contribution is 2.19. The van der Waals surface area contributed by atoms with E-state index in [1.807, 2.05) is 6.20 Å². The number of rotatable bonds is 3. The van der Waals surface area contributed by atoms with E-state index in [0.717, 1.165) is 38.4 Å². The van der Waals surface area contributed by atoms with Gasteiger partial charge in [0, 0.05) is 37.9 Å². The van der Waals surface area contributed by atoms with Crippen molar-refractivity contribution < 1.29 is 0 Å². The Morgan fingerprint density at radius 3 is 2.32 bits per heavy atom. The Bertz CT molecular complexity index is 386. The van der Waals surface area contributed by atoms with E-state index in [9.17, 15) is 0 Å². The second-order valence-electron chi connectivity index (χ2n) is 6.21. The predicted molar refractivity (Wildman–Crippen MR) is 80.5 cm³/mol. The Balaban J connectivity index is 1.94. The van der Waals surface area contributed by atoms with E-state index in [1.165, 1.54) is 5.56 Å². The Morgan fingerprint density at radius 1 is 1.16 bits per heavy atom. The quantitative estimate of drug-likeness (QED) is 0.897. The number of piperazine rings is 1. The number of pyridine rings is 1. The Hall–Kier alpha value is -1.13. The van der Waals surface area contributed by atoms with Gasteiger partial charge in [0.15, 0.2) is 0 Å². The third kappa shape index (κ3) is 3.67. The van der Waals surface area contributed by atoms with Crippen LogP contribution in [-0.4, -0.2) is 48.1 Å². The second-order valence-corrected chi connectivity index (χ2v) is 6.21. The van der Waals surface area contributed by atoms with Crippen LogP contribution < -0.4 is 10.6 Å². The zero-order chi connectivity index (χ0) is 13.9. The van der Waals surface area contributed by atoms with Gasteiger partial charge < -0.3 is 10.6 Å². The summed E-state index contributed by atoms with van der Waals surface area (Å²) in [4.78, 5) is 9.46. The van der Waals surface area contributed by atoms with E-state index < -0.39 is 0 Å². The summed E-state index contributed by atoms with van der Waals surface area (Å²) in [6, 6.07) is 4.27. The molecule has 1 aromatic heterocycles. The molecule has 0 saturated carbocycles. The summed E-state index contributed by atoms with van der Waals surface area (Å²) in [6.45, 7) is 11.9. The van der Waals surface area contributed by atoms with Crippen molar-refractivity contribution >= 4 is 5.82 Å². The van der Waals surface area contributed by atoms with Gasteiger partial charge in [-0.2, -0.15) is 0 Å². The van der Waals surface area contributed by atoms with Crippen LogP contribution in [0.4, 0.5) is 5.82 Å². The van der Waals surface area contributed by atoms with E-state index in [-0.39, 0.29) is 5.54 Å². The highest BCUT2D eigenvalue weighted by molar-refractivity contribution is 5.40. The topological polar surface area (TPSA) is 45.4 Å². The van der Waals surface area contributed by atoms with Gasteiger partial charge in [-0.1, -0.05) is 6.07 Å². The van der Waals surface area contributed by atoms with Gasteiger partial charge in [0.05, 0.1) is 0 Å². The molecule has 0 radical (unpaired) electrons. The van der Waals surface area contributed by atoms with Gasteiger partial charge in [-0.05, 0) is 45.4 Å². The number of hydrogen-bond donors (Lipinski definition) is 1. The molecule has 2 N–H and O–H groups in total. The van der Waals surface area contributed by atoms with Crippen LogP contribution in [0.5, 0.6) is 0 Å². The van der Waals surface area contributed by atoms with Gasteiger partial charge in [-0.3, -0.25) is 4.90 Å². The number of nitrogens with zero attached hydrogens (tertiary/aromatic N) is 3. The number of hydrogen-bond acceptors (Lipinski definition) is 4. The molecule has 0 unspecified atom stereocenters. The van der Waals surface area contributed by atoms with Crippen molar-refractivity contribution in [2.45, 2.75) is 32.7 Å². The van der Waals surface area contributed by atoms with Crippen molar-refractivity contribution in [1.82, 2.24) is 9.88 Å². The first-order valence-corrected chi connectivity index (χ1v) is 7.16. The summed E-state index contributed by atoms with van der Waals surface area (Å²) >= 11 is 0. The summed E-state index contributed by atoms with van der Waals surface area (Å²) in [5.41, 5.74) is 7.04. The van der Waals surface area contributed by atoms with E-state index >= 15 is 0 Å². The smallest absolute Gasteiger partial charge is 0.128 e. The maximum atomic E-state index is 5.55. The lowest BCUT2D eigenvalue weighted by molar-refractivity contribution is 0.128. The molecule has 4 nitrogen and oxygen atoms in total. The van der Waals surface area contributed by atoms with E-state index in [2.05, 4.69) is 47.7 Å². The fourth-order valence-electron chi connectivity index (χ4n) is 2.52. The molecule has 0 atom stereocenters. The van der Waals surface area contributed by atoms with Gasteiger partial charge in [-0.15, -0.1) is 0 Å². The lowest BCUT2D eigenvalue weighted by atomic mass is 10.0. The van der Waals surface area contributed by atoms with Crippen molar-refractivity contribution in [2.75, 3.05) is 37.6 Å². The van der Waals surface area contributed by atoms with Crippen LogP contribution in [0.2, 0.25) is 0 Å². The molecule has 4 heteroatoms. The number of nitrogens with two attached hydrogens (primary N) is 1. The maximum Gasteiger partial charge on any atom is 0.128 e. The molecule has 19 heavy (non-hydrogen) atoms. The maximum absolute atomic E-state index is 5.55. The molecule has 1 saturated heterocycles. The zero-order valence-electron chi connectivity index (χ0n) is 12.4. The lowest BCUT2D eigenvalue weighted by Crippen LogP contribution is -2.53. The van der Waals surface area contributed by atoms with Crippen molar-refractivity contribution in [3.05, 3.63) is 23.9 Å². The highest BCUT2D eigenvalue weighted by Gasteiger charge is 2.26. The van der Waals surface area contributed by atoms with Crippen molar-refractivity contribution in [1.29, 1.82) is 0 Å². The molecule has 2 heterocycles. The van der Waals surface area contributed by atoms with Gasteiger partial charge in [-0.25, -0.2) is 4.98 Å². The van der Waals surface area contributed by atoms with Gasteiger partial charge >= 0.3 is 0 Å². The van der Waals surface area contributed by atoms with Crippen LogP contribution in [0.1, 0.15) is 26.3 Å². The van der Waals surface area contributed by atoms with Gasteiger partial charge in [0.2, 0.25) is 0 Å². The molecule has 1 fully saturated rings. The minimum absolute atomic E-state index is 0.268. The first-order valence-electron chi connectivity index (χ1n) is 7.16. The average Bonchev–Trinajstić information content (AvgIpc) is 2.39. The molecule has 0 spiro atoms. The number of anilines is 1. The number of aromatic nitrogens is 1. The SMILES string of the molecule is CC(C)(C)N1CCN(c2ccc(CCN)cn2)CC1. The van der Waals surface area contributed by atoms with Crippen LogP contribution in [0.3, 0.4) is 0 Å². The van der Waals surface area contributed by atoms with Gasteiger partial charge in [0.1, 0.15) is 5.82 Å². The highest BCUT2D eigenvalue weighted by atomic mass is 15.3. The van der Waals surface area contributed by atoms with Crippen LogP contribution in [0.15, 0.2) is 18.3 Å². The van der Waals surface area contributed by atoms with Crippen LogP contribution in [0.25, 0.3) is 0 Å². The summed E-state index contributed by atoms with van der Waals surface area (Å²) in [5.74, 6) is 1.09. The fourth-order valence-corrected chi connectivity index (χ4v) is 2.52. The van der Waals surface area contributed by atoms with Crippen molar-refractivity contribution in [3.63, 3.8) is 0 Å². The lowest BCUT2D eigenvalue weighted by Gasteiger charge is -2.42. The first-order chi connectivity index (χ1) is 9.00. The standard InChI is InChI=1S/C15H26N4/c1-15(2,3)19-10-8-18(9-11-19)14-5-4-13(6-7-16)12-17-14/h4-5,12H,6-11,16H2,1-3H3. The van der Waals surface area contributed by atoms with Gasteiger partial charge in [0.25, 0.3) is 0 Å². The zero-order valence-corrected chi connectivity index (χ0v) is 12.4. The van der Waals surface area contributed by atoms with Crippen LogP contribution >= 0.6 is 0 Å². The molecular weight excluding hydrogens is 236 g/mol. The summed E-state index contributed by atoms with van der Waals surface area (Å²) in [5, 5.41) is 0. The third-order valence-corrected chi connectivity index (χ3v) is 3.79. The molecule has 1 aliphatic rings. The van der Waals surface area contributed by atoms with E-state index in [4.69, 9.17) is 5.73 Å². The molecule has 0 bridgehead atoms. The average molecular weight is 262 g/mol. The normalized spacial score (nSPS) is 17.8. The van der Waals surface area contributed by atoms with Crippen LogP contribution in [-0.2, 0) is 6.42 Å². The minimum atomic E-state index is 0.268.